The number of nitrogens with one attached hydrogen (secondary N) is 1. The van der Waals surface area contributed by atoms with Gasteiger partial charge in [-0.1, -0.05) is 25.0 Å². The maximum absolute atomic E-state index is 13.0. The second-order valence-electron chi connectivity index (χ2n) is 7.65. The Hall–Kier alpha value is -1.62. The van der Waals surface area contributed by atoms with E-state index < -0.39 is 0 Å². The number of hydrogen-bond acceptors (Lipinski definition) is 2. The summed E-state index contributed by atoms with van der Waals surface area (Å²) in [5.41, 5.74) is 1.15. The maximum Gasteiger partial charge on any atom is 0.317 e. The van der Waals surface area contributed by atoms with Gasteiger partial charge in [-0.3, -0.25) is 4.90 Å². The van der Waals surface area contributed by atoms with Crippen LogP contribution in [0.2, 0.25) is 0 Å². The first-order valence-electron chi connectivity index (χ1n) is 9.58. The van der Waals surface area contributed by atoms with Crippen molar-refractivity contribution in [2.45, 2.75) is 64.1 Å². The van der Waals surface area contributed by atoms with Crippen LogP contribution in [0.15, 0.2) is 24.3 Å². The second kappa shape index (κ2) is 8.17. The van der Waals surface area contributed by atoms with Crippen LogP contribution in [0.5, 0.6) is 0 Å². The summed E-state index contributed by atoms with van der Waals surface area (Å²) in [4.78, 5) is 17.0. The smallest absolute Gasteiger partial charge is 0.317 e. The minimum Gasteiger partial charge on any atom is -0.335 e. The lowest BCUT2D eigenvalue weighted by molar-refractivity contribution is 0.0556. The van der Waals surface area contributed by atoms with E-state index in [0.717, 1.165) is 44.5 Å². The number of hydrogen-bond donors (Lipinski definition) is 1. The van der Waals surface area contributed by atoms with Crippen LogP contribution in [0.4, 0.5) is 9.18 Å². The molecule has 1 aliphatic heterocycles. The van der Waals surface area contributed by atoms with E-state index in [2.05, 4.69) is 24.1 Å². The number of amides is 2. The Morgan fingerprint density at radius 1 is 1.12 bits per heavy atom. The topological polar surface area (TPSA) is 35.6 Å². The van der Waals surface area contributed by atoms with E-state index in [1.165, 1.54) is 25.0 Å². The SMILES string of the molecule is CC1CN(C(=O)NC2CCCC2)CC(C)N1CCc1ccc(F)cc1. The summed E-state index contributed by atoms with van der Waals surface area (Å²) in [7, 11) is 0. The highest BCUT2D eigenvalue weighted by Gasteiger charge is 2.32. The van der Waals surface area contributed by atoms with E-state index in [9.17, 15) is 9.18 Å². The molecule has 1 aromatic rings. The molecule has 5 heteroatoms. The number of piperazine rings is 1. The fourth-order valence-corrected chi connectivity index (χ4v) is 4.21. The molecule has 25 heavy (non-hydrogen) atoms. The molecule has 1 saturated carbocycles. The summed E-state index contributed by atoms with van der Waals surface area (Å²) in [6.07, 6.45) is 5.61. The van der Waals surface area contributed by atoms with Gasteiger partial charge in [0, 0.05) is 37.8 Å². The van der Waals surface area contributed by atoms with Crippen molar-refractivity contribution in [3.63, 3.8) is 0 Å². The highest BCUT2D eigenvalue weighted by Crippen LogP contribution is 2.20. The first-order valence-corrected chi connectivity index (χ1v) is 9.58. The summed E-state index contributed by atoms with van der Waals surface area (Å²) in [6, 6.07) is 7.89. The molecule has 0 bridgehead atoms. The molecule has 2 aliphatic rings. The van der Waals surface area contributed by atoms with E-state index in [-0.39, 0.29) is 11.8 Å². The maximum atomic E-state index is 13.0. The minimum atomic E-state index is -0.188. The molecule has 1 aliphatic carbocycles. The van der Waals surface area contributed by atoms with Crippen LogP contribution in [-0.4, -0.2) is 53.6 Å². The molecule has 0 aromatic heterocycles. The van der Waals surface area contributed by atoms with Gasteiger partial charge < -0.3 is 10.2 Å². The van der Waals surface area contributed by atoms with Crippen LogP contribution in [0.3, 0.4) is 0 Å². The van der Waals surface area contributed by atoms with Crippen LogP contribution in [0.1, 0.15) is 45.1 Å². The molecule has 1 heterocycles. The predicted octanol–water partition coefficient (Wildman–Crippen LogP) is 3.42. The monoisotopic (exact) mass is 347 g/mol. The minimum absolute atomic E-state index is 0.101. The van der Waals surface area contributed by atoms with Gasteiger partial charge in [0.2, 0.25) is 0 Å². The number of carbonyl (C=O) groups is 1. The zero-order valence-electron chi connectivity index (χ0n) is 15.4. The van der Waals surface area contributed by atoms with Crippen molar-refractivity contribution in [2.24, 2.45) is 0 Å². The standard InChI is InChI=1S/C20H30FN3O/c1-15-13-23(20(25)22-19-5-3-4-6-19)14-16(2)24(15)12-11-17-7-9-18(21)10-8-17/h7-10,15-16,19H,3-6,11-14H2,1-2H3,(H,22,25). The van der Waals surface area contributed by atoms with Gasteiger partial charge in [0.15, 0.2) is 0 Å². The van der Waals surface area contributed by atoms with Gasteiger partial charge in [0.1, 0.15) is 5.82 Å². The van der Waals surface area contributed by atoms with Gasteiger partial charge in [-0.15, -0.1) is 0 Å². The van der Waals surface area contributed by atoms with Gasteiger partial charge in [0.05, 0.1) is 0 Å². The Balaban J connectivity index is 1.50. The number of rotatable bonds is 4. The van der Waals surface area contributed by atoms with E-state index in [1.807, 2.05) is 17.0 Å². The third-order valence-electron chi connectivity index (χ3n) is 5.64. The van der Waals surface area contributed by atoms with Crippen LogP contribution in [0, 0.1) is 5.82 Å². The summed E-state index contributed by atoms with van der Waals surface area (Å²) in [5, 5.41) is 3.20. The molecular formula is C20H30FN3O. The van der Waals surface area contributed by atoms with E-state index in [0.29, 0.717) is 18.1 Å². The number of nitrogens with zero attached hydrogens (tertiary/aromatic N) is 2. The highest BCUT2D eigenvalue weighted by atomic mass is 19.1. The predicted molar refractivity (Wildman–Crippen MR) is 98.1 cm³/mol. The van der Waals surface area contributed by atoms with Crippen molar-refractivity contribution in [1.82, 2.24) is 15.1 Å². The van der Waals surface area contributed by atoms with Crippen LogP contribution < -0.4 is 5.32 Å². The molecule has 0 radical (unpaired) electrons. The van der Waals surface area contributed by atoms with Gasteiger partial charge in [0.25, 0.3) is 0 Å². The number of carbonyl (C=O) groups excluding carboxylic acids is 1. The number of benzene rings is 1. The average Bonchev–Trinajstić information content (AvgIpc) is 3.08. The quantitative estimate of drug-likeness (QED) is 0.906. The molecule has 3 rings (SSSR count). The summed E-state index contributed by atoms with van der Waals surface area (Å²) in [5.74, 6) is -0.188. The van der Waals surface area contributed by atoms with Crippen molar-refractivity contribution < 1.29 is 9.18 Å². The van der Waals surface area contributed by atoms with Crippen molar-refractivity contribution >= 4 is 6.03 Å². The molecule has 1 saturated heterocycles. The van der Waals surface area contributed by atoms with Gasteiger partial charge in [-0.25, -0.2) is 9.18 Å². The van der Waals surface area contributed by atoms with Crippen molar-refractivity contribution in [3.8, 4) is 0 Å². The zero-order chi connectivity index (χ0) is 17.8. The van der Waals surface area contributed by atoms with Crippen LogP contribution in [-0.2, 0) is 6.42 Å². The Bertz CT molecular complexity index is 559. The number of urea groups is 1. The van der Waals surface area contributed by atoms with Gasteiger partial charge >= 0.3 is 6.03 Å². The Labute approximate surface area is 150 Å². The van der Waals surface area contributed by atoms with Crippen LogP contribution in [0.25, 0.3) is 0 Å². The Morgan fingerprint density at radius 3 is 2.32 bits per heavy atom. The lowest BCUT2D eigenvalue weighted by Gasteiger charge is -2.44. The molecule has 2 unspecified atom stereocenters. The Morgan fingerprint density at radius 2 is 1.72 bits per heavy atom. The average molecular weight is 347 g/mol. The molecule has 4 nitrogen and oxygen atoms in total. The third-order valence-corrected chi connectivity index (χ3v) is 5.64. The largest absolute Gasteiger partial charge is 0.335 e. The fraction of sp³-hybridized carbons (Fsp3) is 0.650. The van der Waals surface area contributed by atoms with E-state index in [1.54, 1.807) is 0 Å². The Kier molecular flexibility index (Phi) is 5.94. The summed E-state index contributed by atoms with van der Waals surface area (Å²) in [6.45, 7) is 6.86. The zero-order valence-corrected chi connectivity index (χ0v) is 15.4. The first kappa shape index (κ1) is 18.2. The highest BCUT2D eigenvalue weighted by molar-refractivity contribution is 5.74. The second-order valence-corrected chi connectivity index (χ2v) is 7.65. The number of halogens is 1. The molecule has 2 fully saturated rings. The molecule has 1 aromatic carbocycles. The van der Waals surface area contributed by atoms with Gasteiger partial charge in [-0.2, -0.15) is 0 Å². The third kappa shape index (κ3) is 4.72. The van der Waals surface area contributed by atoms with Crippen molar-refractivity contribution in [3.05, 3.63) is 35.6 Å². The lowest BCUT2D eigenvalue weighted by atomic mass is 10.1. The molecule has 0 spiro atoms. The molecule has 2 amide bonds. The molecule has 1 N–H and O–H groups in total. The summed E-state index contributed by atoms with van der Waals surface area (Å²) >= 11 is 0. The van der Waals surface area contributed by atoms with Crippen molar-refractivity contribution in [1.29, 1.82) is 0 Å². The molecule has 2 atom stereocenters. The summed E-state index contributed by atoms with van der Waals surface area (Å²) < 4.78 is 13.0. The first-order chi connectivity index (χ1) is 12.0. The molecular weight excluding hydrogens is 317 g/mol. The molecule has 138 valence electrons. The lowest BCUT2D eigenvalue weighted by Crippen LogP contribution is -2.60. The van der Waals surface area contributed by atoms with E-state index >= 15 is 0 Å². The van der Waals surface area contributed by atoms with Crippen LogP contribution >= 0.6 is 0 Å². The van der Waals surface area contributed by atoms with Gasteiger partial charge in [-0.05, 0) is 50.8 Å². The normalized spacial score (nSPS) is 25.3. The van der Waals surface area contributed by atoms with Crippen molar-refractivity contribution in [2.75, 3.05) is 19.6 Å². The van der Waals surface area contributed by atoms with E-state index in [4.69, 9.17) is 0 Å². The fourth-order valence-electron chi connectivity index (χ4n) is 4.21.